The number of nitrogens with one attached hydrogen (secondary N) is 1. The van der Waals surface area contributed by atoms with Gasteiger partial charge in [-0.05, 0) is 51.0 Å². The van der Waals surface area contributed by atoms with Crippen LogP contribution < -0.4 is 11.1 Å². The van der Waals surface area contributed by atoms with Crippen LogP contribution in [0, 0.1) is 22.7 Å². The van der Waals surface area contributed by atoms with Gasteiger partial charge in [-0.3, -0.25) is 9.59 Å². The molecule has 5 unspecified atom stereocenters. The minimum atomic E-state index is -1.92. The summed E-state index contributed by atoms with van der Waals surface area (Å²) in [6.45, 7) is 8.28. The van der Waals surface area contributed by atoms with Gasteiger partial charge in [0.1, 0.15) is 11.0 Å². The van der Waals surface area contributed by atoms with Gasteiger partial charge in [0.15, 0.2) is 5.54 Å². The smallest absolute Gasteiger partial charge is 0.408 e. The van der Waals surface area contributed by atoms with Crippen LogP contribution in [0.4, 0.5) is 4.79 Å². The molecule has 1 aliphatic heterocycles. The van der Waals surface area contributed by atoms with Crippen LogP contribution in [-0.2, 0) is 28.6 Å². The fourth-order valence-electron chi connectivity index (χ4n) is 7.03. The van der Waals surface area contributed by atoms with Crippen LogP contribution >= 0.6 is 0 Å². The molecule has 3 aliphatic rings. The maximum atomic E-state index is 13.9. The molecule has 4 rings (SSSR count). The number of hydrogen-bond donors (Lipinski definition) is 2. The third-order valence-electron chi connectivity index (χ3n) is 8.06. The van der Waals surface area contributed by atoms with Crippen LogP contribution in [0.1, 0.15) is 58.9 Å². The van der Waals surface area contributed by atoms with Gasteiger partial charge in [-0.25, -0.2) is 9.59 Å². The zero-order chi connectivity index (χ0) is 25.1. The summed E-state index contributed by atoms with van der Waals surface area (Å²) in [7, 11) is 0. The minimum absolute atomic E-state index is 0.404. The Morgan fingerprint density at radius 1 is 1.09 bits per heavy atom. The molecule has 5 atom stereocenters. The summed E-state index contributed by atoms with van der Waals surface area (Å²) >= 11 is 0. The Morgan fingerprint density at radius 2 is 1.71 bits per heavy atom. The second-order valence-corrected chi connectivity index (χ2v) is 10.4. The van der Waals surface area contributed by atoms with E-state index in [1.807, 2.05) is 44.2 Å². The van der Waals surface area contributed by atoms with E-state index in [2.05, 4.69) is 5.32 Å². The van der Waals surface area contributed by atoms with E-state index in [0.717, 1.165) is 5.56 Å². The van der Waals surface area contributed by atoms with Gasteiger partial charge in [0.05, 0.1) is 5.92 Å². The van der Waals surface area contributed by atoms with E-state index in [1.165, 1.54) is 0 Å². The number of benzene rings is 1. The zero-order valence-corrected chi connectivity index (χ0v) is 20.2. The number of cyclic esters (lactones) is 2. The van der Waals surface area contributed by atoms with Crippen LogP contribution in [-0.4, -0.2) is 41.9 Å². The molecular weight excluding hydrogens is 440 g/mol. The fraction of sp³-hybridized carbons (Fsp3) is 0.600. The molecule has 1 heterocycles. The monoisotopic (exact) mass is 472 g/mol. The topological polar surface area (TPSA) is 134 Å². The molecular formula is C25H32N2O7. The van der Waals surface area contributed by atoms with Crippen LogP contribution in [0.5, 0.6) is 0 Å². The SMILES string of the molecule is CCC1(CC)C(c2ccccc2)C2C3C(=O)OCOC(=O)C1(NC(=O)OC(C)(C)C)C32C(N)=O. The average Bonchev–Trinajstić information content (AvgIpc) is 3.39. The molecule has 9 nitrogen and oxygen atoms in total. The third-order valence-corrected chi connectivity index (χ3v) is 8.06. The highest BCUT2D eigenvalue weighted by Crippen LogP contribution is 2.84. The molecule has 3 fully saturated rings. The molecule has 2 saturated carbocycles. The number of carbonyl (C=O) groups is 4. The highest BCUT2D eigenvalue weighted by molar-refractivity contribution is 6.06. The summed E-state index contributed by atoms with van der Waals surface area (Å²) in [5, 5.41) is 2.78. The predicted molar refractivity (Wildman–Crippen MR) is 120 cm³/mol. The van der Waals surface area contributed by atoms with Crippen molar-refractivity contribution in [2.24, 2.45) is 28.4 Å². The lowest BCUT2D eigenvalue weighted by Crippen LogP contribution is -2.72. The number of rotatable bonds is 5. The number of amides is 2. The van der Waals surface area contributed by atoms with Crippen molar-refractivity contribution >= 4 is 23.9 Å². The van der Waals surface area contributed by atoms with Crippen LogP contribution in [0.15, 0.2) is 30.3 Å². The van der Waals surface area contributed by atoms with E-state index in [4.69, 9.17) is 19.9 Å². The molecule has 184 valence electrons. The summed E-state index contributed by atoms with van der Waals surface area (Å²) in [6.07, 6.45) is -0.0777. The van der Waals surface area contributed by atoms with Crippen molar-refractivity contribution in [3.63, 3.8) is 0 Å². The number of nitrogens with two attached hydrogens (primary N) is 1. The molecule has 3 N–H and O–H groups in total. The minimum Gasteiger partial charge on any atom is -0.444 e. The van der Waals surface area contributed by atoms with E-state index in [-0.39, 0.29) is 0 Å². The molecule has 2 amide bonds. The van der Waals surface area contributed by atoms with E-state index in [9.17, 15) is 19.2 Å². The molecule has 1 saturated heterocycles. The number of alkyl carbamates (subject to hydrolysis) is 1. The third kappa shape index (κ3) is 2.85. The number of fused-ring (bicyclic) bond motifs is 1. The van der Waals surface area contributed by atoms with Crippen molar-refractivity contribution in [1.82, 2.24) is 5.32 Å². The van der Waals surface area contributed by atoms with E-state index >= 15 is 0 Å². The molecule has 34 heavy (non-hydrogen) atoms. The Kier molecular flexibility index (Phi) is 5.45. The maximum Gasteiger partial charge on any atom is 0.408 e. The first-order valence-electron chi connectivity index (χ1n) is 11.6. The Labute approximate surface area is 198 Å². The Morgan fingerprint density at radius 3 is 2.24 bits per heavy atom. The summed E-state index contributed by atoms with van der Waals surface area (Å²) in [5.41, 5.74) is 1.37. The van der Waals surface area contributed by atoms with Crippen molar-refractivity contribution in [3.8, 4) is 0 Å². The lowest BCUT2D eigenvalue weighted by molar-refractivity contribution is -0.191. The number of hydrogen-bond acceptors (Lipinski definition) is 7. The second kappa shape index (κ2) is 7.71. The lowest BCUT2D eigenvalue weighted by Gasteiger charge is -2.52. The molecule has 0 aromatic heterocycles. The largest absolute Gasteiger partial charge is 0.444 e. The van der Waals surface area contributed by atoms with Gasteiger partial charge >= 0.3 is 18.0 Å². The lowest BCUT2D eigenvalue weighted by atomic mass is 9.55. The normalized spacial score (nSPS) is 33.5. The predicted octanol–water partition coefficient (Wildman–Crippen LogP) is 2.63. The van der Waals surface area contributed by atoms with Crippen LogP contribution in [0.3, 0.4) is 0 Å². The Balaban J connectivity index is 2.04. The van der Waals surface area contributed by atoms with Crippen molar-refractivity contribution in [2.75, 3.05) is 6.79 Å². The number of esters is 2. The van der Waals surface area contributed by atoms with Gasteiger partial charge in [-0.15, -0.1) is 0 Å². The molecule has 9 heteroatoms. The maximum absolute atomic E-state index is 13.9. The number of ether oxygens (including phenoxy) is 3. The average molecular weight is 473 g/mol. The number of primary amides is 1. The van der Waals surface area contributed by atoms with Gasteiger partial charge < -0.3 is 25.3 Å². The Bertz CT molecular complexity index is 1030. The second-order valence-electron chi connectivity index (χ2n) is 10.4. The Hall–Kier alpha value is -3.10. The first-order chi connectivity index (χ1) is 15.9. The summed E-state index contributed by atoms with van der Waals surface area (Å²) in [4.78, 5) is 53.5. The quantitative estimate of drug-likeness (QED) is 0.629. The van der Waals surface area contributed by atoms with Crippen molar-refractivity contribution in [3.05, 3.63) is 35.9 Å². The van der Waals surface area contributed by atoms with Crippen LogP contribution in [0.25, 0.3) is 0 Å². The van der Waals surface area contributed by atoms with Gasteiger partial charge in [-0.2, -0.15) is 0 Å². The first-order valence-corrected chi connectivity index (χ1v) is 11.6. The van der Waals surface area contributed by atoms with Crippen LogP contribution in [0.2, 0.25) is 0 Å². The molecule has 0 radical (unpaired) electrons. The number of carbonyl (C=O) groups excluding carboxylic acids is 4. The van der Waals surface area contributed by atoms with Crippen molar-refractivity contribution in [1.29, 1.82) is 0 Å². The van der Waals surface area contributed by atoms with E-state index < -0.39 is 70.5 Å². The highest BCUT2D eigenvalue weighted by Gasteiger charge is 2.95. The molecule has 2 aliphatic carbocycles. The van der Waals surface area contributed by atoms with Gasteiger partial charge in [-0.1, -0.05) is 44.2 Å². The van der Waals surface area contributed by atoms with E-state index in [0.29, 0.717) is 12.8 Å². The van der Waals surface area contributed by atoms with E-state index in [1.54, 1.807) is 20.8 Å². The fourth-order valence-corrected chi connectivity index (χ4v) is 7.03. The molecule has 0 spiro atoms. The zero-order valence-electron chi connectivity index (χ0n) is 20.2. The molecule has 1 aromatic rings. The summed E-state index contributed by atoms with van der Waals surface area (Å²) in [6, 6.07) is 9.38. The first kappa shape index (κ1) is 24.0. The molecule has 0 bridgehead atoms. The van der Waals surface area contributed by atoms with Gasteiger partial charge in [0, 0.05) is 5.41 Å². The van der Waals surface area contributed by atoms with Crippen molar-refractivity contribution in [2.45, 2.75) is 64.5 Å². The van der Waals surface area contributed by atoms with Gasteiger partial charge in [0.2, 0.25) is 12.7 Å². The van der Waals surface area contributed by atoms with Crippen molar-refractivity contribution < 1.29 is 33.4 Å². The highest BCUT2D eigenvalue weighted by atomic mass is 16.7. The summed E-state index contributed by atoms with van der Waals surface area (Å²) in [5.74, 6) is -4.47. The van der Waals surface area contributed by atoms with Gasteiger partial charge in [0.25, 0.3) is 0 Å². The molecule has 1 aromatic carbocycles. The standard InChI is InChI=1S/C25H32N2O7/c1-6-23(7-2)15(14-11-9-8-10-12-14)16-17-18(28)32-13-33-20(30)25(23,24(16,17)19(26)29)27-21(31)34-22(3,4)5/h8-12,15-17H,6-7,13H2,1-5H3,(H2,26,29)(H,27,31). The summed E-state index contributed by atoms with van der Waals surface area (Å²) < 4.78 is 16.0.